The molecule has 0 aliphatic carbocycles. The summed E-state index contributed by atoms with van der Waals surface area (Å²) in [5.74, 6) is 0.807. The summed E-state index contributed by atoms with van der Waals surface area (Å²) in [7, 11) is 0. The molecule has 39 heavy (non-hydrogen) atoms. The average Bonchev–Trinajstić information content (AvgIpc) is 2.91. The highest BCUT2D eigenvalue weighted by molar-refractivity contribution is 6.08. The molecule has 196 valence electrons. The van der Waals surface area contributed by atoms with Crippen molar-refractivity contribution in [1.29, 1.82) is 0 Å². The van der Waals surface area contributed by atoms with Crippen molar-refractivity contribution >= 4 is 27.6 Å². The van der Waals surface area contributed by atoms with Crippen LogP contribution in [0.3, 0.4) is 0 Å². The molecule has 0 amide bonds. The van der Waals surface area contributed by atoms with Gasteiger partial charge in [0.1, 0.15) is 11.9 Å². The Morgan fingerprint density at radius 1 is 1.03 bits per heavy atom. The predicted octanol–water partition coefficient (Wildman–Crippen LogP) is 7.81. The summed E-state index contributed by atoms with van der Waals surface area (Å²) in [5.41, 5.74) is 8.09. The number of ketones is 1. The molecule has 0 spiro atoms. The van der Waals surface area contributed by atoms with Crippen molar-refractivity contribution in [3.63, 3.8) is 0 Å². The van der Waals surface area contributed by atoms with Gasteiger partial charge in [0.25, 0.3) is 0 Å². The van der Waals surface area contributed by atoms with Crippen molar-refractivity contribution in [2.24, 2.45) is 0 Å². The van der Waals surface area contributed by atoms with Gasteiger partial charge in [0.2, 0.25) is 0 Å². The molecular weight excluding hydrogens is 484 g/mol. The van der Waals surface area contributed by atoms with Crippen LogP contribution in [-0.2, 0) is 16.0 Å². The molecule has 3 aromatic carbocycles. The molecule has 1 aliphatic rings. The number of ether oxygens (including phenoxy) is 2. The molecule has 1 atom stereocenters. The average molecular weight is 517 g/mol. The first-order chi connectivity index (χ1) is 18.7. The first-order valence-electron chi connectivity index (χ1n) is 13.4. The van der Waals surface area contributed by atoms with Crippen molar-refractivity contribution in [1.82, 2.24) is 9.97 Å². The Morgan fingerprint density at radius 3 is 2.56 bits per heavy atom. The molecule has 5 aromatic rings. The second kappa shape index (κ2) is 9.58. The fourth-order valence-corrected chi connectivity index (χ4v) is 5.62. The maximum absolute atomic E-state index is 13.2. The number of hydrogen-bond donors (Lipinski definition) is 0. The molecule has 3 heterocycles. The lowest BCUT2D eigenvalue weighted by Gasteiger charge is -2.30. The lowest BCUT2D eigenvalue weighted by atomic mass is 9.85. The van der Waals surface area contributed by atoms with Gasteiger partial charge in [0.15, 0.2) is 5.78 Å². The van der Waals surface area contributed by atoms with Crippen LogP contribution in [0.1, 0.15) is 50.5 Å². The number of hydrogen-bond acceptors (Lipinski definition) is 5. The van der Waals surface area contributed by atoms with Crippen LogP contribution >= 0.6 is 0 Å². The summed E-state index contributed by atoms with van der Waals surface area (Å²) in [6, 6.07) is 22.6. The molecule has 0 saturated heterocycles. The molecule has 5 nitrogen and oxygen atoms in total. The van der Waals surface area contributed by atoms with E-state index in [4.69, 9.17) is 19.4 Å². The van der Waals surface area contributed by atoms with Crippen molar-refractivity contribution < 1.29 is 14.3 Å². The molecule has 2 aromatic heterocycles. The summed E-state index contributed by atoms with van der Waals surface area (Å²) >= 11 is 0. The Bertz CT molecular complexity index is 1730. The Kier molecular flexibility index (Phi) is 6.19. The second-order valence-corrected chi connectivity index (χ2v) is 11.2. The summed E-state index contributed by atoms with van der Waals surface area (Å²) < 4.78 is 12.5. The maximum atomic E-state index is 13.2. The zero-order valence-corrected chi connectivity index (χ0v) is 23.0. The molecule has 1 aliphatic heterocycles. The molecule has 5 heteroatoms. The number of carbonyl (C=O) groups excluding carboxylic acids is 1. The van der Waals surface area contributed by atoms with Crippen LogP contribution in [0.5, 0.6) is 5.75 Å². The highest BCUT2D eigenvalue weighted by Crippen LogP contribution is 2.45. The Balaban J connectivity index is 1.70. The van der Waals surface area contributed by atoms with Crippen molar-refractivity contribution in [3.8, 4) is 28.1 Å². The van der Waals surface area contributed by atoms with E-state index in [9.17, 15) is 4.79 Å². The van der Waals surface area contributed by atoms with Crippen molar-refractivity contribution in [2.75, 3.05) is 6.61 Å². The SMILES string of the molecule is CC(=O)[C@@H](OC(C)(C)C)c1c(C)cc2nc(-c3ccccc3)ccc2c1-c1ccc2c3c(ccnc13)CCO2. The summed E-state index contributed by atoms with van der Waals surface area (Å²) in [6.45, 7) is 10.2. The number of rotatable bonds is 5. The maximum Gasteiger partial charge on any atom is 0.163 e. The molecule has 0 radical (unpaired) electrons. The van der Waals surface area contributed by atoms with Gasteiger partial charge < -0.3 is 9.47 Å². The predicted molar refractivity (Wildman–Crippen MR) is 156 cm³/mol. The van der Waals surface area contributed by atoms with Gasteiger partial charge in [-0.05, 0) is 87.2 Å². The topological polar surface area (TPSA) is 61.3 Å². The normalized spacial score (nSPS) is 13.9. The standard InChI is InChI=1S/C34H32N2O3/c1-20-19-27-24(11-13-26(36-27)22-9-7-6-8-10-22)31(29(20)33(21(2)37)39-34(3,4)5)25-12-14-28-30-23(16-18-38-28)15-17-35-32(25)30/h6-15,17,19,33H,16,18H2,1-5H3/t33-/m1/s1. The van der Waals surface area contributed by atoms with Crippen molar-refractivity contribution in [3.05, 3.63) is 89.6 Å². The zero-order valence-electron chi connectivity index (χ0n) is 23.0. The van der Waals surface area contributed by atoms with Crippen LogP contribution in [0, 0.1) is 6.92 Å². The third-order valence-electron chi connectivity index (χ3n) is 7.25. The van der Waals surface area contributed by atoms with E-state index in [-0.39, 0.29) is 5.78 Å². The van der Waals surface area contributed by atoms with Gasteiger partial charge in [0, 0.05) is 34.5 Å². The van der Waals surface area contributed by atoms with Crippen LogP contribution in [0.4, 0.5) is 0 Å². The number of carbonyl (C=O) groups is 1. The monoisotopic (exact) mass is 516 g/mol. The van der Waals surface area contributed by atoms with Gasteiger partial charge in [-0.1, -0.05) is 36.4 Å². The quantitative estimate of drug-likeness (QED) is 0.238. The number of pyridine rings is 2. The number of fused-ring (bicyclic) bond motifs is 1. The molecule has 6 rings (SSSR count). The van der Waals surface area contributed by atoms with Crippen LogP contribution in [0.2, 0.25) is 0 Å². The number of aromatic nitrogens is 2. The van der Waals surface area contributed by atoms with E-state index in [0.717, 1.165) is 67.5 Å². The number of Topliss-reactive ketones (excluding diaryl/α,β-unsaturated/α-hetero) is 1. The second-order valence-electron chi connectivity index (χ2n) is 11.2. The summed E-state index contributed by atoms with van der Waals surface area (Å²) in [6.07, 6.45) is 1.97. The van der Waals surface area contributed by atoms with Gasteiger partial charge in [-0.15, -0.1) is 0 Å². The molecule has 0 saturated carbocycles. The minimum atomic E-state index is -0.736. The fourth-order valence-electron chi connectivity index (χ4n) is 5.62. The molecule has 0 N–H and O–H groups in total. The minimum absolute atomic E-state index is 0.0403. The lowest BCUT2D eigenvalue weighted by Crippen LogP contribution is -2.27. The minimum Gasteiger partial charge on any atom is -0.493 e. The Hall–Kier alpha value is -4.09. The van der Waals surface area contributed by atoms with Gasteiger partial charge in [0.05, 0.1) is 28.9 Å². The number of benzene rings is 3. The van der Waals surface area contributed by atoms with E-state index < -0.39 is 11.7 Å². The third kappa shape index (κ3) is 4.57. The van der Waals surface area contributed by atoms with E-state index in [1.165, 1.54) is 5.56 Å². The Morgan fingerprint density at radius 2 is 1.82 bits per heavy atom. The van der Waals surface area contributed by atoms with E-state index in [2.05, 4.69) is 42.5 Å². The van der Waals surface area contributed by atoms with Gasteiger partial charge >= 0.3 is 0 Å². The van der Waals surface area contributed by atoms with E-state index in [1.54, 1.807) is 6.92 Å². The van der Waals surface area contributed by atoms with Crippen LogP contribution in [-0.4, -0.2) is 28.0 Å². The number of aryl methyl sites for hydroxylation is 1. The smallest absolute Gasteiger partial charge is 0.163 e. The van der Waals surface area contributed by atoms with Crippen molar-refractivity contribution in [2.45, 2.75) is 52.7 Å². The first kappa shape index (κ1) is 25.2. The van der Waals surface area contributed by atoms with Crippen LogP contribution in [0.15, 0.2) is 72.9 Å². The lowest BCUT2D eigenvalue weighted by molar-refractivity contribution is -0.138. The molecule has 0 fully saturated rings. The van der Waals surface area contributed by atoms with E-state index >= 15 is 0 Å². The van der Waals surface area contributed by atoms with Gasteiger partial charge in [-0.2, -0.15) is 0 Å². The highest BCUT2D eigenvalue weighted by Gasteiger charge is 2.31. The summed E-state index contributed by atoms with van der Waals surface area (Å²) in [5, 5.41) is 1.99. The van der Waals surface area contributed by atoms with E-state index in [0.29, 0.717) is 6.61 Å². The molecule has 0 bridgehead atoms. The van der Waals surface area contributed by atoms with Crippen LogP contribution < -0.4 is 4.74 Å². The first-order valence-corrected chi connectivity index (χ1v) is 13.4. The van der Waals surface area contributed by atoms with Crippen LogP contribution in [0.25, 0.3) is 44.2 Å². The zero-order chi connectivity index (χ0) is 27.3. The van der Waals surface area contributed by atoms with E-state index in [1.807, 2.05) is 58.2 Å². The van der Waals surface area contributed by atoms with Gasteiger partial charge in [-0.3, -0.25) is 9.78 Å². The molecule has 0 unspecified atom stereocenters. The Labute approximate surface area is 228 Å². The highest BCUT2D eigenvalue weighted by atomic mass is 16.5. The largest absolute Gasteiger partial charge is 0.493 e. The van der Waals surface area contributed by atoms with Gasteiger partial charge in [-0.25, -0.2) is 4.98 Å². The third-order valence-corrected chi connectivity index (χ3v) is 7.25. The fraction of sp³-hybridized carbons (Fsp3) is 0.265. The number of nitrogens with zero attached hydrogens (tertiary/aromatic N) is 2. The molecular formula is C34H32N2O3. The summed E-state index contributed by atoms with van der Waals surface area (Å²) in [4.78, 5) is 23.1.